The highest BCUT2D eigenvalue weighted by Crippen LogP contribution is 2.27. The zero-order chi connectivity index (χ0) is 17.5. The molecule has 0 atom stereocenters. The van der Waals surface area contributed by atoms with Crippen LogP contribution in [0.2, 0.25) is 0 Å². The number of nitrogens with one attached hydrogen (secondary N) is 1. The highest BCUT2D eigenvalue weighted by Gasteiger charge is 2.11. The third kappa shape index (κ3) is 4.78. The summed E-state index contributed by atoms with van der Waals surface area (Å²) in [4.78, 5) is 24.8. The molecule has 3 aromatic rings. The molecule has 5 heteroatoms. The lowest BCUT2D eigenvalue weighted by molar-refractivity contribution is -0.146. The van der Waals surface area contributed by atoms with E-state index in [-0.39, 0.29) is 18.9 Å². The maximum Gasteiger partial charge on any atom is 0.311 e. The molecule has 3 rings (SSSR count). The van der Waals surface area contributed by atoms with Gasteiger partial charge in [-0.2, -0.15) is 0 Å². The van der Waals surface area contributed by atoms with Crippen LogP contribution in [0.25, 0.3) is 11.1 Å². The Morgan fingerprint density at radius 2 is 1.68 bits per heavy atom. The summed E-state index contributed by atoms with van der Waals surface area (Å²) in [7, 11) is 0. The van der Waals surface area contributed by atoms with E-state index in [4.69, 9.17) is 4.74 Å². The van der Waals surface area contributed by atoms with Crippen molar-refractivity contribution in [2.24, 2.45) is 0 Å². The monoisotopic (exact) mass is 351 g/mol. The van der Waals surface area contributed by atoms with Crippen LogP contribution in [-0.4, -0.2) is 18.5 Å². The summed E-state index contributed by atoms with van der Waals surface area (Å²) in [5.74, 6) is -0.767. The minimum absolute atomic E-state index is 0.186. The number of carbonyl (C=O) groups is 2. The molecular weight excluding hydrogens is 334 g/mol. The highest BCUT2D eigenvalue weighted by atomic mass is 32.1. The fraction of sp³-hybridized carbons (Fsp3) is 0.100. The van der Waals surface area contributed by atoms with Gasteiger partial charge in [0.1, 0.15) is 0 Å². The van der Waals surface area contributed by atoms with Crippen LogP contribution in [0.4, 0.5) is 5.69 Å². The Bertz CT molecular complexity index is 844. The molecule has 1 amide bonds. The number of carbonyl (C=O) groups excluding carboxylic acids is 2. The number of ether oxygens (including phenoxy) is 1. The van der Waals surface area contributed by atoms with Crippen LogP contribution in [0.5, 0.6) is 0 Å². The molecular formula is C20H17NO3S. The van der Waals surface area contributed by atoms with Gasteiger partial charge in [0.2, 0.25) is 0 Å². The zero-order valence-electron chi connectivity index (χ0n) is 13.5. The normalized spacial score (nSPS) is 10.2. The molecule has 1 N–H and O–H groups in total. The zero-order valence-corrected chi connectivity index (χ0v) is 14.3. The summed E-state index contributed by atoms with van der Waals surface area (Å²) in [5, 5.41) is 4.71. The summed E-state index contributed by atoms with van der Waals surface area (Å²) in [6, 6.07) is 21.1. The Kier molecular flexibility index (Phi) is 5.59. The molecule has 1 heterocycles. The van der Waals surface area contributed by atoms with Crippen molar-refractivity contribution in [2.75, 3.05) is 11.9 Å². The number of hydrogen-bond donors (Lipinski definition) is 1. The smallest absolute Gasteiger partial charge is 0.311 e. The van der Waals surface area contributed by atoms with Crippen molar-refractivity contribution in [2.45, 2.75) is 6.42 Å². The van der Waals surface area contributed by atoms with Crippen molar-refractivity contribution in [1.82, 2.24) is 0 Å². The quantitative estimate of drug-likeness (QED) is 0.679. The molecule has 0 saturated carbocycles. The van der Waals surface area contributed by atoms with Crippen LogP contribution in [0.3, 0.4) is 0 Å². The number of thiophene rings is 1. The summed E-state index contributed by atoms with van der Waals surface area (Å²) in [5.41, 5.74) is 2.61. The van der Waals surface area contributed by atoms with Crippen LogP contribution in [-0.2, 0) is 20.7 Å². The Balaban J connectivity index is 1.59. The Morgan fingerprint density at radius 1 is 0.920 bits per heavy atom. The lowest BCUT2D eigenvalue weighted by atomic mass is 10.0. The fourth-order valence-corrected chi connectivity index (χ4v) is 3.09. The van der Waals surface area contributed by atoms with Gasteiger partial charge >= 0.3 is 5.97 Å². The average molecular weight is 351 g/mol. The second-order valence-corrected chi connectivity index (χ2v) is 6.41. The van der Waals surface area contributed by atoms with Crippen molar-refractivity contribution in [1.29, 1.82) is 0 Å². The van der Waals surface area contributed by atoms with Crippen molar-refractivity contribution in [3.05, 3.63) is 77.0 Å². The number of para-hydroxylation sites is 1. The maximum atomic E-state index is 12.1. The topological polar surface area (TPSA) is 55.4 Å². The molecule has 0 spiro atoms. The SMILES string of the molecule is O=C(COC(=O)Cc1cccs1)Nc1ccccc1-c1ccccc1. The second kappa shape index (κ2) is 8.26. The van der Waals surface area contributed by atoms with Crippen LogP contribution in [0, 0.1) is 0 Å². The average Bonchev–Trinajstić information content (AvgIpc) is 3.14. The first-order valence-corrected chi connectivity index (χ1v) is 8.72. The molecule has 0 fully saturated rings. The van der Waals surface area contributed by atoms with Crippen LogP contribution < -0.4 is 5.32 Å². The molecule has 2 aromatic carbocycles. The van der Waals surface area contributed by atoms with E-state index in [1.165, 1.54) is 11.3 Å². The standard InChI is InChI=1S/C20H17NO3S/c22-19(14-24-20(23)13-16-9-6-12-25-16)21-18-11-5-4-10-17(18)15-7-2-1-3-8-15/h1-12H,13-14H2,(H,21,22). The lowest BCUT2D eigenvalue weighted by Gasteiger charge is -2.11. The van der Waals surface area contributed by atoms with Gasteiger partial charge in [-0.05, 0) is 23.1 Å². The molecule has 0 unspecified atom stereocenters. The van der Waals surface area contributed by atoms with E-state index >= 15 is 0 Å². The van der Waals surface area contributed by atoms with Gasteiger partial charge < -0.3 is 10.1 Å². The summed E-state index contributed by atoms with van der Waals surface area (Å²) in [6.45, 7) is -0.298. The first-order chi connectivity index (χ1) is 12.2. The fourth-order valence-electron chi connectivity index (χ4n) is 2.40. The Morgan fingerprint density at radius 3 is 2.44 bits per heavy atom. The summed E-state index contributed by atoms with van der Waals surface area (Å²) >= 11 is 1.49. The van der Waals surface area contributed by atoms with E-state index in [9.17, 15) is 9.59 Å². The van der Waals surface area contributed by atoms with Gasteiger partial charge in [-0.1, -0.05) is 54.6 Å². The molecule has 0 aliphatic heterocycles. The third-order valence-electron chi connectivity index (χ3n) is 3.55. The van der Waals surface area contributed by atoms with Crippen molar-refractivity contribution in [3.63, 3.8) is 0 Å². The number of esters is 1. The molecule has 0 radical (unpaired) electrons. The van der Waals surface area contributed by atoms with Crippen LogP contribution in [0.15, 0.2) is 72.1 Å². The van der Waals surface area contributed by atoms with E-state index in [1.54, 1.807) is 0 Å². The number of benzene rings is 2. The molecule has 0 aliphatic rings. The molecule has 126 valence electrons. The van der Waals surface area contributed by atoms with Crippen LogP contribution >= 0.6 is 11.3 Å². The Hall–Kier alpha value is -2.92. The van der Waals surface area contributed by atoms with Gasteiger partial charge in [-0.25, -0.2) is 0 Å². The summed E-state index contributed by atoms with van der Waals surface area (Å²) < 4.78 is 5.05. The van der Waals surface area contributed by atoms with E-state index in [1.807, 2.05) is 72.1 Å². The van der Waals surface area contributed by atoms with Crippen molar-refractivity contribution < 1.29 is 14.3 Å². The van der Waals surface area contributed by atoms with Gasteiger partial charge in [-0.3, -0.25) is 9.59 Å². The number of hydrogen-bond acceptors (Lipinski definition) is 4. The third-order valence-corrected chi connectivity index (χ3v) is 4.43. The number of amides is 1. The Labute approximate surface area is 150 Å². The van der Waals surface area contributed by atoms with Gasteiger partial charge in [-0.15, -0.1) is 11.3 Å². The van der Waals surface area contributed by atoms with E-state index in [2.05, 4.69) is 5.32 Å². The predicted octanol–water partition coefficient (Wildman–Crippen LogP) is 4.14. The molecule has 0 saturated heterocycles. The van der Waals surface area contributed by atoms with Crippen molar-refractivity contribution in [3.8, 4) is 11.1 Å². The highest BCUT2D eigenvalue weighted by molar-refractivity contribution is 7.10. The molecule has 4 nitrogen and oxygen atoms in total. The molecule has 25 heavy (non-hydrogen) atoms. The van der Waals surface area contributed by atoms with E-state index < -0.39 is 5.97 Å². The first kappa shape index (κ1) is 16.9. The first-order valence-electron chi connectivity index (χ1n) is 7.84. The second-order valence-electron chi connectivity index (χ2n) is 5.38. The number of anilines is 1. The van der Waals surface area contributed by atoms with Gasteiger partial charge in [0, 0.05) is 16.1 Å². The van der Waals surface area contributed by atoms with Gasteiger partial charge in [0.05, 0.1) is 6.42 Å². The molecule has 1 aromatic heterocycles. The maximum absolute atomic E-state index is 12.1. The minimum Gasteiger partial charge on any atom is -0.455 e. The van der Waals surface area contributed by atoms with Crippen molar-refractivity contribution >= 4 is 28.9 Å². The molecule has 0 bridgehead atoms. The van der Waals surface area contributed by atoms with E-state index in [0.29, 0.717) is 5.69 Å². The van der Waals surface area contributed by atoms with E-state index in [0.717, 1.165) is 16.0 Å². The molecule has 0 aliphatic carbocycles. The van der Waals surface area contributed by atoms with Gasteiger partial charge in [0.25, 0.3) is 5.91 Å². The number of rotatable bonds is 6. The minimum atomic E-state index is -0.408. The largest absolute Gasteiger partial charge is 0.455 e. The summed E-state index contributed by atoms with van der Waals surface area (Å²) in [6.07, 6.45) is 0.186. The lowest BCUT2D eigenvalue weighted by Crippen LogP contribution is -2.21. The van der Waals surface area contributed by atoms with Gasteiger partial charge in [0.15, 0.2) is 6.61 Å². The van der Waals surface area contributed by atoms with Crippen LogP contribution in [0.1, 0.15) is 4.88 Å². The predicted molar refractivity (Wildman–Crippen MR) is 99.5 cm³/mol.